The van der Waals surface area contributed by atoms with Gasteiger partial charge in [0.15, 0.2) is 0 Å². The highest BCUT2D eigenvalue weighted by molar-refractivity contribution is 6.04. The lowest BCUT2D eigenvalue weighted by atomic mass is 10.1. The second kappa shape index (κ2) is 3.36. The van der Waals surface area contributed by atoms with E-state index in [-0.39, 0.29) is 5.56 Å². The van der Waals surface area contributed by atoms with Gasteiger partial charge >= 0.3 is 0 Å². The summed E-state index contributed by atoms with van der Waals surface area (Å²) in [6.07, 6.45) is -1.14. The van der Waals surface area contributed by atoms with Crippen molar-refractivity contribution in [1.29, 1.82) is 0 Å². The summed E-state index contributed by atoms with van der Waals surface area (Å²) in [4.78, 5) is 0. The van der Waals surface area contributed by atoms with Crippen molar-refractivity contribution < 1.29 is 14.0 Å². The van der Waals surface area contributed by atoms with Crippen LogP contribution in [-0.4, -0.2) is 10.9 Å². The first-order valence-electron chi connectivity index (χ1n) is 4.34. The number of rotatable bonds is 1. The standard InChI is InChI=1S/C10H9F2NO/c11-10(12)7-1-3-8-6(5-7)2-4-9(8)13-14/h1,3,5,10,14H,2,4H2/b13-9+. The zero-order valence-electron chi connectivity index (χ0n) is 7.37. The van der Waals surface area contributed by atoms with Crippen LogP contribution in [-0.2, 0) is 6.42 Å². The van der Waals surface area contributed by atoms with Crippen molar-refractivity contribution in [3.05, 3.63) is 34.9 Å². The maximum absolute atomic E-state index is 12.3. The molecule has 1 aliphatic rings. The molecule has 0 saturated heterocycles. The Bertz CT molecular complexity index is 388. The van der Waals surface area contributed by atoms with Crippen LogP contribution < -0.4 is 0 Å². The molecule has 1 aliphatic carbocycles. The molecule has 0 bridgehead atoms. The molecule has 0 atom stereocenters. The smallest absolute Gasteiger partial charge is 0.263 e. The summed E-state index contributed by atoms with van der Waals surface area (Å²) in [5.41, 5.74) is 2.25. The molecule has 0 amide bonds. The fourth-order valence-electron chi connectivity index (χ4n) is 1.73. The number of nitrogens with zero attached hydrogens (tertiary/aromatic N) is 1. The van der Waals surface area contributed by atoms with Crippen LogP contribution in [0.5, 0.6) is 0 Å². The van der Waals surface area contributed by atoms with E-state index in [4.69, 9.17) is 5.21 Å². The molecule has 74 valence electrons. The highest BCUT2D eigenvalue weighted by Gasteiger charge is 2.19. The van der Waals surface area contributed by atoms with E-state index in [1.54, 1.807) is 6.07 Å². The minimum Gasteiger partial charge on any atom is -0.411 e. The Hall–Kier alpha value is -1.45. The molecule has 0 fully saturated rings. The summed E-state index contributed by atoms with van der Waals surface area (Å²) in [5, 5.41) is 11.8. The number of halogens is 2. The molecule has 0 saturated carbocycles. The quantitative estimate of drug-likeness (QED) is 0.545. The largest absolute Gasteiger partial charge is 0.411 e. The highest BCUT2D eigenvalue weighted by atomic mass is 19.3. The van der Waals surface area contributed by atoms with Crippen LogP contribution >= 0.6 is 0 Å². The minimum absolute atomic E-state index is 0.0305. The molecule has 0 radical (unpaired) electrons. The maximum atomic E-state index is 12.3. The second-order valence-corrected chi connectivity index (χ2v) is 3.26. The van der Waals surface area contributed by atoms with Crippen LogP contribution in [0.1, 0.15) is 29.5 Å². The lowest BCUT2D eigenvalue weighted by molar-refractivity contribution is 0.151. The number of alkyl halides is 2. The lowest BCUT2D eigenvalue weighted by Crippen LogP contribution is -1.94. The fourth-order valence-corrected chi connectivity index (χ4v) is 1.73. The maximum Gasteiger partial charge on any atom is 0.263 e. The summed E-state index contributed by atoms with van der Waals surface area (Å²) in [6, 6.07) is 4.46. The van der Waals surface area contributed by atoms with Crippen LogP contribution in [0.3, 0.4) is 0 Å². The molecule has 0 aromatic heterocycles. The van der Waals surface area contributed by atoms with Gasteiger partial charge in [0.25, 0.3) is 6.43 Å². The summed E-state index contributed by atoms with van der Waals surface area (Å²) < 4.78 is 24.7. The van der Waals surface area contributed by atoms with Gasteiger partial charge in [-0.15, -0.1) is 0 Å². The summed E-state index contributed by atoms with van der Waals surface area (Å²) in [6.45, 7) is 0. The van der Waals surface area contributed by atoms with Crippen LogP contribution in [0.4, 0.5) is 8.78 Å². The number of aryl methyl sites for hydroxylation is 1. The van der Waals surface area contributed by atoms with E-state index >= 15 is 0 Å². The van der Waals surface area contributed by atoms with E-state index in [0.717, 1.165) is 11.1 Å². The third kappa shape index (κ3) is 1.36. The highest BCUT2D eigenvalue weighted by Crippen LogP contribution is 2.27. The van der Waals surface area contributed by atoms with Crippen molar-refractivity contribution in [2.75, 3.05) is 0 Å². The van der Waals surface area contributed by atoms with Crippen LogP contribution in [0.25, 0.3) is 0 Å². The van der Waals surface area contributed by atoms with Crippen molar-refractivity contribution in [2.24, 2.45) is 5.16 Å². The molecule has 0 spiro atoms. The van der Waals surface area contributed by atoms with Crippen LogP contribution in [0.2, 0.25) is 0 Å². The Labute approximate surface area is 79.9 Å². The molecule has 14 heavy (non-hydrogen) atoms. The number of hydrogen-bond acceptors (Lipinski definition) is 2. The van der Waals surface area contributed by atoms with Crippen LogP contribution in [0, 0.1) is 0 Å². The van der Waals surface area contributed by atoms with E-state index in [0.29, 0.717) is 18.6 Å². The number of fused-ring (bicyclic) bond motifs is 1. The first-order chi connectivity index (χ1) is 6.72. The average Bonchev–Trinajstić information content (AvgIpc) is 2.59. The van der Waals surface area contributed by atoms with Gasteiger partial charge in [-0.3, -0.25) is 0 Å². The van der Waals surface area contributed by atoms with Crippen molar-refractivity contribution in [3.8, 4) is 0 Å². The topological polar surface area (TPSA) is 32.6 Å². The van der Waals surface area contributed by atoms with Gasteiger partial charge in [-0.1, -0.05) is 17.3 Å². The van der Waals surface area contributed by atoms with Gasteiger partial charge in [0.2, 0.25) is 0 Å². The van der Waals surface area contributed by atoms with E-state index in [1.165, 1.54) is 12.1 Å². The average molecular weight is 197 g/mol. The number of benzene rings is 1. The molecule has 1 aromatic rings. The monoisotopic (exact) mass is 197 g/mol. The lowest BCUT2D eigenvalue weighted by Gasteiger charge is -2.02. The van der Waals surface area contributed by atoms with Crippen LogP contribution in [0.15, 0.2) is 23.4 Å². The van der Waals surface area contributed by atoms with Gasteiger partial charge in [0.1, 0.15) is 0 Å². The Balaban J connectivity index is 2.44. The molecule has 0 heterocycles. The zero-order valence-corrected chi connectivity index (χ0v) is 7.37. The molecule has 2 nitrogen and oxygen atoms in total. The molecular formula is C10H9F2NO. The van der Waals surface area contributed by atoms with E-state index in [2.05, 4.69) is 5.16 Å². The predicted octanol–water partition coefficient (Wildman–Crippen LogP) is 2.75. The van der Waals surface area contributed by atoms with Gasteiger partial charge in [0.05, 0.1) is 5.71 Å². The van der Waals surface area contributed by atoms with Gasteiger partial charge in [-0.05, 0) is 24.5 Å². The molecular weight excluding hydrogens is 188 g/mol. The Morgan fingerprint density at radius 2 is 2.07 bits per heavy atom. The molecule has 1 N–H and O–H groups in total. The van der Waals surface area contributed by atoms with E-state index in [1.807, 2.05) is 0 Å². The first kappa shape index (κ1) is 9.12. The zero-order chi connectivity index (χ0) is 10.1. The fraction of sp³-hybridized carbons (Fsp3) is 0.300. The van der Waals surface area contributed by atoms with Crippen molar-refractivity contribution in [2.45, 2.75) is 19.3 Å². The predicted molar refractivity (Wildman–Crippen MR) is 48.0 cm³/mol. The molecule has 1 aromatic carbocycles. The normalized spacial score (nSPS) is 17.8. The van der Waals surface area contributed by atoms with E-state index < -0.39 is 6.43 Å². The van der Waals surface area contributed by atoms with Crippen molar-refractivity contribution >= 4 is 5.71 Å². The van der Waals surface area contributed by atoms with Crippen molar-refractivity contribution in [3.63, 3.8) is 0 Å². The molecule has 0 unspecified atom stereocenters. The number of oxime groups is 1. The summed E-state index contributed by atoms with van der Waals surface area (Å²) in [7, 11) is 0. The molecule has 4 heteroatoms. The minimum atomic E-state index is -2.43. The Kier molecular flexibility index (Phi) is 2.19. The van der Waals surface area contributed by atoms with E-state index in [9.17, 15) is 8.78 Å². The van der Waals surface area contributed by atoms with Gasteiger partial charge < -0.3 is 5.21 Å². The third-order valence-electron chi connectivity index (χ3n) is 2.44. The SMILES string of the molecule is O/N=C1\CCc2cc(C(F)F)ccc21. The summed E-state index contributed by atoms with van der Waals surface area (Å²) in [5.74, 6) is 0. The molecule has 0 aliphatic heterocycles. The second-order valence-electron chi connectivity index (χ2n) is 3.26. The van der Waals surface area contributed by atoms with Gasteiger partial charge in [-0.25, -0.2) is 8.78 Å². The van der Waals surface area contributed by atoms with Gasteiger partial charge in [-0.2, -0.15) is 0 Å². The molecule has 2 rings (SSSR count). The van der Waals surface area contributed by atoms with Gasteiger partial charge in [0, 0.05) is 11.1 Å². The Morgan fingerprint density at radius 1 is 1.29 bits per heavy atom. The third-order valence-corrected chi connectivity index (χ3v) is 2.44. The Morgan fingerprint density at radius 3 is 2.71 bits per heavy atom. The van der Waals surface area contributed by atoms with Crippen molar-refractivity contribution in [1.82, 2.24) is 0 Å². The first-order valence-corrected chi connectivity index (χ1v) is 4.34. The summed E-state index contributed by atoms with van der Waals surface area (Å²) >= 11 is 0. The number of hydrogen-bond donors (Lipinski definition) is 1.